The van der Waals surface area contributed by atoms with Crippen molar-refractivity contribution < 1.29 is 32.2 Å². The van der Waals surface area contributed by atoms with Crippen molar-refractivity contribution in [3.05, 3.63) is 29.8 Å². The molecule has 0 spiro atoms. The number of carbonyl (C=O) groups excluding carboxylic acids is 2. The summed E-state index contributed by atoms with van der Waals surface area (Å²) in [6, 6.07) is 4.30. The van der Waals surface area contributed by atoms with Gasteiger partial charge >= 0.3 is 12.3 Å². The van der Waals surface area contributed by atoms with E-state index in [9.17, 15) is 22.8 Å². The lowest BCUT2D eigenvalue weighted by Crippen LogP contribution is -2.34. The van der Waals surface area contributed by atoms with Crippen molar-refractivity contribution >= 4 is 23.5 Å². The Hall–Kier alpha value is -1.96. The summed E-state index contributed by atoms with van der Waals surface area (Å²) in [7, 11) is 1.15. The average Bonchev–Trinajstić information content (AvgIpc) is 2.42. The Morgan fingerprint density at radius 1 is 1.29 bits per heavy atom. The maximum Gasteiger partial charge on any atom is 0.573 e. The Balaban J connectivity index is 2.57. The Bertz CT molecular complexity index is 504. The minimum Gasteiger partial charge on any atom is -0.468 e. The predicted molar refractivity (Wildman–Crippen MR) is 67.1 cm³/mol. The number of amides is 1. The molecule has 1 aromatic rings. The van der Waals surface area contributed by atoms with Crippen LogP contribution in [0, 0.1) is 0 Å². The van der Waals surface area contributed by atoms with Crippen LogP contribution < -0.4 is 10.1 Å². The van der Waals surface area contributed by atoms with E-state index >= 15 is 0 Å². The monoisotopic (exact) mass is 325 g/mol. The van der Waals surface area contributed by atoms with Gasteiger partial charge in [-0.25, -0.2) is 0 Å². The van der Waals surface area contributed by atoms with Gasteiger partial charge in [-0.3, -0.25) is 9.59 Å². The lowest BCUT2D eigenvalue weighted by molar-refractivity contribution is -0.274. The summed E-state index contributed by atoms with van der Waals surface area (Å²) < 4.78 is 43.9. The summed E-state index contributed by atoms with van der Waals surface area (Å²) in [6.07, 6.45) is -4.80. The third-order valence-electron chi connectivity index (χ3n) is 2.25. The van der Waals surface area contributed by atoms with Gasteiger partial charge in [-0.15, -0.1) is 24.8 Å². The molecule has 5 nitrogen and oxygen atoms in total. The summed E-state index contributed by atoms with van der Waals surface area (Å²) in [5.41, 5.74) is 0.0956. The fourth-order valence-corrected chi connectivity index (χ4v) is 1.47. The zero-order valence-electron chi connectivity index (χ0n) is 10.7. The van der Waals surface area contributed by atoms with E-state index in [-0.39, 0.29) is 12.1 Å². The number of alkyl halides is 4. The highest BCUT2D eigenvalue weighted by Crippen LogP contribution is 2.22. The average molecular weight is 326 g/mol. The van der Waals surface area contributed by atoms with Gasteiger partial charge in [0, 0.05) is 12.1 Å². The zero-order valence-corrected chi connectivity index (χ0v) is 11.5. The first-order valence-corrected chi connectivity index (χ1v) is 6.02. The molecule has 1 N–H and O–H groups in total. The third kappa shape index (κ3) is 5.90. The van der Waals surface area contributed by atoms with E-state index in [1.165, 1.54) is 0 Å². The van der Waals surface area contributed by atoms with Gasteiger partial charge < -0.3 is 14.8 Å². The van der Waals surface area contributed by atoms with Crippen LogP contribution in [0.3, 0.4) is 0 Å². The Morgan fingerprint density at radius 3 is 2.33 bits per heavy atom. The zero-order chi connectivity index (χ0) is 16.0. The molecule has 1 atom stereocenters. The molecule has 1 rings (SSSR count). The number of ether oxygens (including phenoxy) is 2. The van der Waals surface area contributed by atoms with E-state index in [1.54, 1.807) is 0 Å². The topological polar surface area (TPSA) is 64.6 Å². The van der Waals surface area contributed by atoms with Gasteiger partial charge in [-0.2, -0.15) is 0 Å². The van der Waals surface area contributed by atoms with Crippen LogP contribution in [0.1, 0.15) is 10.4 Å². The quantitative estimate of drug-likeness (QED) is 0.665. The molecular formula is C12H11ClF3NO4. The van der Waals surface area contributed by atoms with E-state index in [4.69, 9.17) is 11.6 Å². The SMILES string of the molecule is COC(=O)C(Cl)CNC(=O)c1ccc(OC(F)(F)F)cc1. The Kier molecular flexibility index (Phi) is 5.83. The molecule has 0 saturated heterocycles. The second kappa shape index (κ2) is 7.16. The third-order valence-corrected chi connectivity index (χ3v) is 2.58. The van der Waals surface area contributed by atoms with Crippen LogP contribution in [0.5, 0.6) is 5.75 Å². The molecule has 21 heavy (non-hydrogen) atoms. The van der Waals surface area contributed by atoms with Gasteiger partial charge in [-0.1, -0.05) is 0 Å². The molecule has 0 radical (unpaired) electrons. The maximum absolute atomic E-state index is 12.0. The molecule has 0 fully saturated rings. The van der Waals surface area contributed by atoms with Crippen LogP contribution in [0.4, 0.5) is 13.2 Å². The van der Waals surface area contributed by atoms with Gasteiger partial charge in [0.25, 0.3) is 5.91 Å². The Morgan fingerprint density at radius 2 is 1.86 bits per heavy atom. The lowest BCUT2D eigenvalue weighted by atomic mass is 10.2. The number of nitrogens with one attached hydrogen (secondary N) is 1. The fraction of sp³-hybridized carbons (Fsp3) is 0.333. The van der Waals surface area contributed by atoms with Crippen molar-refractivity contribution in [3.8, 4) is 5.75 Å². The first-order chi connectivity index (χ1) is 9.73. The number of benzene rings is 1. The van der Waals surface area contributed by atoms with E-state index in [2.05, 4.69) is 14.8 Å². The number of hydrogen-bond acceptors (Lipinski definition) is 4. The minimum absolute atomic E-state index is 0.0956. The van der Waals surface area contributed by atoms with Crippen molar-refractivity contribution in [2.75, 3.05) is 13.7 Å². The van der Waals surface area contributed by atoms with Gasteiger partial charge in [0.15, 0.2) is 0 Å². The van der Waals surface area contributed by atoms with E-state index in [0.717, 1.165) is 31.4 Å². The van der Waals surface area contributed by atoms with Gasteiger partial charge in [-0.05, 0) is 24.3 Å². The summed E-state index contributed by atoms with van der Waals surface area (Å²) in [5, 5.41) is 1.30. The first-order valence-electron chi connectivity index (χ1n) is 5.59. The molecule has 1 aromatic carbocycles. The molecule has 116 valence electrons. The van der Waals surface area contributed by atoms with Crippen molar-refractivity contribution in [1.29, 1.82) is 0 Å². The molecule has 1 amide bonds. The van der Waals surface area contributed by atoms with E-state index in [1.807, 2.05) is 0 Å². The van der Waals surface area contributed by atoms with Gasteiger partial charge in [0.2, 0.25) is 0 Å². The molecule has 0 heterocycles. The molecule has 0 saturated carbocycles. The van der Waals surface area contributed by atoms with Crippen LogP contribution in [-0.4, -0.2) is 37.3 Å². The van der Waals surface area contributed by atoms with Crippen molar-refractivity contribution in [2.24, 2.45) is 0 Å². The highest BCUT2D eigenvalue weighted by molar-refractivity contribution is 6.30. The number of halogens is 4. The van der Waals surface area contributed by atoms with Crippen LogP contribution in [-0.2, 0) is 9.53 Å². The summed E-state index contributed by atoms with van der Waals surface area (Å²) in [4.78, 5) is 22.7. The van der Waals surface area contributed by atoms with Gasteiger partial charge in [0.05, 0.1) is 7.11 Å². The summed E-state index contributed by atoms with van der Waals surface area (Å²) in [6.45, 7) is -0.173. The predicted octanol–water partition coefficient (Wildman–Crippen LogP) is 2.10. The highest BCUT2D eigenvalue weighted by atomic mass is 35.5. The van der Waals surface area contributed by atoms with E-state index in [0.29, 0.717) is 0 Å². The van der Waals surface area contributed by atoms with Crippen LogP contribution in [0.2, 0.25) is 0 Å². The Labute approximate surface area is 123 Å². The summed E-state index contributed by atoms with van der Waals surface area (Å²) in [5.74, 6) is -1.74. The van der Waals surface area contributed by atoms with Crippen molar-refractivity contribution in [2.45, 2.75) is 11.7 Å². The smallest absolute Gasteiger partial charge is 0.468 e. The fourth-order valence-electron chi connectivity index (χ4n) is 1.30. The number of methoxy groups -OCH3 is 1. The molecule has 0 aliphatic carbocycles. The van der Waals surface area contributed by atoms with Crippen molar-refractivity contribution in [1.82, 2.24) is 5.32 Å². The second-order valence-electron chi connectivity index (χ2n) is 3.77. The molecule has 0 aliphatic rings. The number of rotatable bonds is 5. The highest BCUT2D eigenvalue weighted by Gasteiger charge is 2.31. The number of esters is 1. The molecular weight excluding hydrogens is 315 g/mol. The maximum atomic E-state index is 12.0. The lowest BCUT2D eigenvalue weighted by Gasteiger charge is -2.10. The number of hydrogen-bond donors (Lipinski definition) is 1. The van der Waals surface area contributed by atoms with Crippen LogP contribution in [0.25, 0.3) is 0 Å². The first kappa shape index (κ1) is 17.1. The number of carbonyl (C=O) groups is 2. The molecule has 1 unspecified atom stereocenters. The molecule has 0 aromatic heterocycles. The van der Waals surface area contributed by atoms with Crippen LogP contribution in [0.15, 0.2) is 24.3 Å². The standard InChI is InChI=1S/C12H11ClF3NO4/c1-20-11(19)9(13)6-17-10(18)7-2-4-8(5-3-7)21-12(14,15)16/h2-5,9H,6H2,1H3,(H,17,18). The van der Waals surface area contributed by atoms with E-state index < -0.39 is 29.4 Å². The minimum atomic E-state index is -4.80. The molecule has 0 aliphatic heterocycles. The normalized spacial score (nSPS) is 12.4. The largest absolute Gasteiger partial charge is 0.573 e. The summed E-state index contributed by atoms with van der Waals surface area (Å²) >= 11 is 5.63. The second-order valence-corrected chi connectivity index (χ2v) is 4.30. The van der Waals surface area contributed by atoms with Crippen molar-refractivity contribution in [3.63, 3.8) is 0 Å². The van der Waals surface area contributed by atoms with Gasteiger partial charge in [0.1, 0.15) is 11.1 Å². The molecule has 0 bridgehead atoms. The van der Waals surface area contributed by atoms with Crippen LogP contribution >= 0.6 is 11.6 Å². The molecule has 9 heteroatoms.